The van der Waals surface area contributed by atoms with Crippen LogP contribution in [0.5, 0.6) is 5.75 Å². The summed E-state index contributed by atoms with van der Waals surface area (Å²) in [6, 6.07) is 11.6. The Morgan fingerprint density at radius 3 is 2.63 bits per heavy atom. The summed E-state index contributed by atoms with van der Waals surface area (Å²) >= 11 is 1.25. The molecule has 0 unspecified atom stereocenters. The van der Waals surface area contributed by atoms with E-state index in [2.05, 4.69) is 16.9 Å². The van der Waals surface area contributed by atoms with Gasteiger partial charge in [0.25, 0.3) is 5.91 Å². The van der Waals surface area contributed by atoms with Gasteiger partial charge in [-0.3, -0.25) is 10.1 Å². The van der Waals surface area contributed by atoms with Gasteiger partial charge < -0.3 is 4.74 Å². The van der Waals surface area contributed by atoms with Gasteiger partial charge in [0.2, 0.25) is 10.0 Å². The molecule has 2 heterocycles. The van der Waals surface area contributed by atoms with Gasteiger partial charge >= 0.3 is 0 Å². The number of aromatic nitrogens is 1. The number of thiazole rings is 1. The van der Waals surface area contributed by atoms with Crippen molar-refractivity contribution in [3.05, 3.63) is 60.7 Å². The summed E-state index contributed by atoms with van der Waals surface area (Å²) in [6.45, 7) is 5.10. The minimum absolute atomic E-state index is 0.258. The van der Waals surface area contributed by atoms with Crippen molar-refractivity contribution in [1.82, 2.24) is 9.29 Å². The molecule has 0 spiro atoms. The van der Waals surface area contributed by atoms with E-state index in [-0.39, 0.29) is 10.8 Å². The van der Waals surface area contributed by atoms with E-state index in [9.17, 15) is 13.2 Å². The van der Waals surface area contributed by atoms with Gasteiger partial charge in [-0.25, -0.2) is 13.4 Å². The Kier molecular flexibility index (Phi) is 5.85. The molecule has 0 saturated carbocycles. The minimum Gasteiger partial charge on any atom is -0.490 e. The van der Waals surface area contributed by atoms with Crippen LogP contribution in [0.1, 0.15) is 23.2 Å². The number of hydrogen-bond donors (Lipinski definition) is 1. The van der Waals surface area contributed by atoms with E-state index in [0.29, 0.717) is 46.4 Å². The molecule has 9 heteroatoms. The van der Waals surface area contributed by atoms with Gasteiger partial charge in [0.15, 0.2) is 5.13 Å². The number of benzene rings is 2. The van der Waals surface area contributed by atoms with Crippen LogP contribution in [0.25, 0.3) is 10.2 Å². The monoisotopic (exact) mass is 443 g/mol. The third-order valence-corrected chi connectivity index (χ3v) is 7.60. The molecule has 0 atom stereocenters. The zero-order valence-electron chi connectivity index (χ0n) is 16.2. The van der Waals surface area contributed by atoms with Crippen molar-refractivity contribution in [2.45, 2.75) is 17.7 Å². The summed E-state index contributed by atoms with van der Waals surface area (Å²) < 4.78 is 33.2. The van der Waals surface area contributed by atoms with Crippen LogP contribution in [0.4, 0.5) is 5.13 Å². The van der Waals surface area contributed by atoms with Crippen LogP contribution < -0.4 is 10.1 Å². The first-order valence-corrected chi connectivity index (χ1v) is 11.8. The quantitative estimate of drug-likeness (QED) is 0.560. The van der Waals surface area contributed by atoms with Gasteiger partial charge in [-0.15, -0.1) is 0 Å². The Bertz CT molecular complexity index is 1180. The predicted octanol–water partition coefficient (Wildman–Crippen LogP) is 3.90. The van der Waals surface area contributed by atoms with Gasteiger partial charge in [-0.2, -0.15) is 4.31 Å². The number of sulfonamides is 1. The maximum atomic E-state index is 12.8. The zero-order chi connectivity index (χ0) is 21.1. The number of hydrogen-bond acceptors (Lipinski definition) is 6. The lowest BCUT2D eigenvalue weighted by Gasteiger charge is -2.15. The van der Waals surface area contributed by atoms with Crippen molar-refractivity contribution in [3.8, 4) is 5.75 Å². The molecule has 0 bridgehead atoms. The van der Waals surface area contributed by atoms with Crippen LogP contribution >= 0.6 is 11.3 Å². The van der Waals surface area contributed by atoms with Gasteiger partial charge in [-0.1, -0.05) is 24.0 Å². The van der Waals surface area contributed by atoms with Gasteiger partial charge in [0.1, 0.15) is 12.4 Å². The van der Waals surface area contributed by atoms with E-state index >= 15 is 0 Å². The average Bonchev–Trinajstić information content (AvgIpc) is 3.42. The number of nitrogens with zero attached hydrogens (tertiary/aromatic N) is 2. The second-order valence-corrected chi connectivity index (χ2v) is 9.81. The Labute approximate surface area is 179 Å². The molecule has 1 amide bonds. The fraction of sp³-hybridized carbons (Fsp3) is 0.238. The summed E-state index contributed by atoms with van der Waals surface area (Å²) in [4.78, 5) is 17.2. The van der Waals surface area contributed by atoms with Gasteiger partial charge in [-0.05, 0) is 55.3 Å². The summed E-state index contributed by atoms with van der Waals surface area (Å²) in [5, 5.41) is 3.19. The van der Waals surface area contributed by atoms with Crippen LogP contribution in [0.15, 0.2) is 60.0 Å². The number of amides is 1. The number of carbonyl (C=O) groups is 1. The smallest absolute Gasteiger partial charge is 0.257 e. The molecular weight excluding hydrogens is 422 g/mol. The minimum atomic E-state index is -3.49. The summed E-state index contributed by atoms with van der Waals surface area (Å²) in [5.74, 6) is 0.354. The lowest BCUT2D eigenvalue weighted by molar-refractivity contribution is 0.102. The maximum absolute atomic E-state index is 12.8. The highest BCUT2D eigenvalue weighted by Gasteiger charge is 2.27. The third-order valence-electron chi connectivity index (χ3n) is 4.77. The number of rotatable bonds is 7. The first kappa shape index (κ1) is 20.5. The molecule has 156 valence electrons. The zero-order valence-corrected chi connectivity index (χ0v) is 17.8. The molecule has 1 aromatic heterocycles. The molecule has 0 radical (unpaired) electrons. The van der Waals surface area contributed by atoms with Crippen LogP contribution in [0, 0.1) is 0 Å². The van der Waals surface area contributed by atoms with E-state index in [1.807, 2.05) is 0 Å². The lowest BCUT2D eigenvalue weighted by atomic mass is 10.2. The molecule has 3 aromatic rings. The summed E-state index contributed by atoms with van der Waals surface area (Å²) in [5.41, 5.74) is 1.11. The molecule has 1 aliphatic rings. The summed E-state index contributed by atoms with van der Waals surface area (Å²) in [7, 11) is -3.49. The van der Waals surface area contributed by atoms with Crippen molar-refractivity contribution < 1.29 is 17.9 Å². The third kappa shape index (κ3) is 4.23. The largest absolute Gasteiger partial charge is 0.490 e. The molecular formula is C21H21N3O4S2. The summed E-state index contributed by atoms with van der Waals surface area (Å²) in [6.07, 6.45) is 3.43. The van der Waals surface area contributed by atoms with Crippen LogP contribution in [-0.4, -0.2) is 43.3 Å². The lowest BCUT2D eigenvalue weighted by Crippen LogP contribution is -2.27. The highest BCUT2D eigenvalue weighted by atomic mass is 32.2. The predicted molar refractivity (Wildman–Crippen MR) is 118 cm³/mol. The van der Waals surface area contributed by atoms with E-state index in [4.69, 9.17) is 4.74 Å². The fourth-order valence-electron chi connectivity index (χ4n) is 3.22. The molecule has 4 rings (SSSR count). The SMILES string of the molecule is C=CCOc1ccc(C(=O)Nc2nc3ccc(S(=O)(=O)N4CCCC4)cc3s2)cc1. The van der Waals surface area contributed by atoms with Crippen molar-refractivity contribution in [2.24, 2.45) is 0 Å². The number of nitrogens with one attached hydrogen (secondary N) is 1. The van der Waals surface area contributed by atoms with Crippen LogP contribution in [0.3, 0.4) is 0 Å². The van der Waals surface area contributed by atoms with E-state index < -0.39 is 10.0 Å². The molecule has 7 nitrogen and oxygen atoms in total. The van der Waals surface area contributed by atoms with Crippen molar-refractivity contribution in [1.29, 1.82) is 0 Å². The van der Waals surface area contributed by atoms with Crippen LogP contribution in [0.2, 0.25) is 0 Å². The Balaban J connectivity index is 1.51. The number of fused-ring (bicyclic) bond motifs is 1. The molecule has 30 heavy (non-hydrogen) atoms. The average molecular weight is 444 g/mol. The Morgan fingerprint density at radius 2 is 1.93 bits per heavy atom. The molecule has 1 saturated heterocycles. The van der Waals surface area contributed by atoms with Crippen molar-refractivity contribution in [3.63, 3.8) is 0 Å². The molecule has 1 aliphatic heterocycles. The van der Waals surface area contributed by atoms with Gasteiger partial charge in [0, 0.05) is 18.7 Å². The topological polar surface area (TPSA) is 88.6 Å². The second kappa shape index (κ2) is 8.55. The first-order chi connectivity index (χ1) is 14.5. The fourth-order valence-corrected chi connectivity index (χ4v) is 5.74. The van der Waals surface area contributed by atoms with Crippen molar-refractivity contribution in [2.75, 3.05) is 25.0 Å². The highest BCUT2D eigenvalue weighted by molar-refractivity contribution is 7.89. The van der Waals surface area contributed by atoms with E-state index in [1.54, 1.807) is 48.5 Å². The Hall–Kier alpha value is -2.75. The molecule has 1 fully saturated rings. The number of carbonyl (C=O) groups excluding carboxylic acids is 1. The first-order valence-electron chi connectivity index (χ1n) is 9.53. The standard InChI is InChI=1S/C21H21N3O4S2/c1-2-13-28-16-7-5-15(6-8-16)20(25)23-21-22-18-10-9-17(14-19(18)29-21)30(26,27)24-11-3-4-12-24/h2,5-10,14H,1,3-4,11-13H2,(H,22,23,25). The van der Waals surface area contributed by atoms with Gasteiger partial charge in [0.05, 0.1) is 15.1 Å². The molecule has 1 N–H and O–H groups in total. The maximum Gasteiger partial charge on any atom is 0.257 e. The molecule has 2 aromatic carbocycles. The normalized spacial score (nSPS) is 14.7. The molecule has 0 aliphatic carbocycles. The van der Waals surface area contributed by atoms with Crippen LogP contribution in [-0.2, 0) is 10.0 Å². The van der Waals surface area contributed by atoms with E-state index in [1.165, 1.54) is 15.6 Å². The van der Waals surface area contributed by atoms with E-state index in [0.717, 1.165) is 12.8 Å². The number of anilines is 1. The Morgan fingerprint density at radius 1 is 1.20 bits per heavy atom. The second-order valence-electron chi connectivity index (χ2n) is 6.84. The number of ether oxygens (including phenoxy) is 1. The van der Waals surface area contributed by atoms with Crippen molar-refractivity contribution >= 4 is 42.6 Å². The highest BCUT2D eigenvalue weighted by Crippen LogP contribution is 2.30.